The van der Waals surface area contributed by atoms with E-state index >= 15 is 0 Å². The van der Waals surface area contributed by atoms with E-state index in [-0.39, 0.29) is 6.10 Å². The first-order valence-electron chi connectivity index (χ1n) is 8.33. The van der Waals surface area contributed by atoms with Gasteiger partial charge in [-0.05, 0) is 31.6 Å². The second kappa shape index (κ2) is 6.70. The normalized spacial score (nSPS) is 23.9. The molecule has 0 aliphatic heterocycles. The van der Waals surface area contributed by atoms with Gasteiger partial charge in [0.25, 0.3) is 0 Å². The van der Waals surface area contributed by atoms with Crippen LogP contribution in [0.15, 0.2) is 4.52 Å². The summed E-state index contributed by atoms with van der Waals surface area (Å²) in [4.78, 5) is 4.55. The van der Waals surface area contributed by atoms with Crippen molar-refractivity contribution in [1.82, 2.24) is 10.1 Å². The lowest BCUT2D eigenvalue weighted by atomic mass is 9.98. The number of aliphatic hydroxyl groups excluding tert-OH is 1. The zero-order valence-corrected chi connectivity index (χ0v) is 12.3. The minimum atomic E-state index is -0.306. The van der Waals surface area contributed by atoms with E-state index in [1.165, 1.54) is 51.4 Å². The van der Waals surface area contributed by atoms with Gasteiger partial charge in [-0.3, -0.25) is 0 Å². The number of hydrogen-bond acceptors (Lipinski definition) is 4. The zero-order valence-electron chi connectivity index (χ0n) is 12.3. The number of aromatic nitrogens is 2. The average Bonchev–Trinajstić information content (AvgIpc) is 3.06. The van der Waals surface area contributed by atoms with Crippen LogP contribution in [0.2, 0.25) is 0 Å². The maximum atomic E-state index is 10.2. The Labute approximate surface area is 121 Å². The molecule has 20 heavy (non-hydrogen) atoms. The molecule has 1 unspecified atom stereocenters. The Kier molecular flexibility index (Phi) is 4.71. The van der Waals surface area contributed by atoms with Crippen LogP contribution in [0.5, 0.6) is 0 Å². The second-order valence-electron chi connectivity index (χ2n) is 6.55. The van der Waals surface area contributed by atoms with E-state index in [2.05, 4.69) is 10.1 Å². The van der Waals surface area contributed by atoms with Gasteiger partial charge in [0.15, 0.2) is 5.82 Å². The summed E-state index contributed by atoms with van der Waals surface area (Å²) in [6, 6.07) is 0. The predicted molar refractivity (Wildman–Crippen MR) is 76.4 cm³/mol. The summed E-state index contributed by atoms with van der Waals surface area (Å²) in [6.45, 7) is 0. The molecule has 4 heteroatoms. The molecular formula is C16H26N2O2. The molecule has 1 aromatic rings. The van der Waals surface area contributed by atoms with Crippen molar-refractivity contribution in [2.75, 3.05) is 0 Å². The fourth-order valence-electron chi connectivity index (χ4n) is 3.74. The number of rotatable bonds is 4. The SMILES string of the molecule is OC(Cc1nc(C2CCCCCC2)no1)C1CCCC1. The monoisotopic (exact) mass is 278 g/mol. The molecule has 1 N–H and O–H groups in total. The molecule has 0 bridgehead atoms. The molecule has 2 aliphatic rings. The first kappa shape index (κ1) is 14.1. The van der Waals surface area contributed by atoms with Gasteiger partial charge in [0.2, 0.25) is 5.89 Å². The summed E-state index contributed by atoms with van der Waals surface area (Å²) in [7, 11) is 0. The Morgan fingerprint density at radius 1 is 1.00 bits per heavy atom. The molecule has 112 valence electrons. The highest BCUT2D eigenvalue weighted by Crippen LogP contribution is 2.31. The number of nitrogens with zero attached hydrogens (tertiary/aromatic N) is 2. The van der Waals surface area contributed by atoms with Gasteiger partial charge in [-0.15, -0.1) is 0 Å². The van der Waals surface area contributed by atoms with Gasteiger partial charge in [0.05, 0.1) is 12.5 Å². The summed E-state index contributed by atoms with van der Waals surface area (Å²) < 4.78 is 5.37. The van der Waals surface area contributed by atoms with Gasteiger partial charge in [-0.25, -0.2) is 0 Å². The van der Waals surface area contributed by atoms with Crippen LogP contribution in [0.1, 0.15) is 81.8 Å². The molecule has 2 fully saturated rings. The molecule has 3 rings (SSSR count). The molecule has 0 spiro atoms. The lowest BCUT2D eigenvalue weighted by Gasteiger charge is -2.15. The lowest BCUT2D eigenvalue weighted by Crippen LogP contribution is -2.20. The number of aliphatic hydroxyl groups is 1. The highest BCUT2D eigenvalue weighted by atomic mass is 16.5. The standard InChI is InChI=1S/C16H26N2O2/c19-14(12-7-5-6-8-12)11-15-17-16(18-20-15)13-9-3-1-2-4-10-13/h12-14,19H,1-11H2. The fourth-order valence-corrected chi connectivity index (χ4v) is 3.74. The topological polar surface area (TPSA) is 59.2 Å². The fraction of sp³-hybridized carbons (Fsp3) is 0.875. The lowest BCUT2D eigenvalue weighted by molar-refractivity contribution is 0.102. The maximum Gasteiger partial charge on any atom is 0.229 e. The molecule has 0 aromatic carbocycles. The van der Waals surface area contributed by atoms with Gasteiger partial charge in [-0.2, -0.15) is 4.98 Å². The average molecular weight is 278 g/mol. The molecular weight excluding hydrogens is 252 g/mol. The second-order valence-corrected chi connectivity index (χ2v) is 6.55. The Hall–Kier alpha value is -0.900. The van der Waals surface area contributed by atoms with E-state index in [4.69, 9.17) is 4.52 Å². The van der Waals surface area contributed by atoms with Crippen LogP contribution < -0.4 is 0 Å². The Morgan fingerprint density at radius 2 is 1.65 bits per heavy atom. The van der Waals surface area contributed by atoms with E-state index in [1.54, 1.807) is 0 Å². The molecule has 4 nitrogen and oxygen atoms in total. The summed E-state index contributed by atoms with van der Waals surface area (Å²) in [6.07, 6.45) is 12.6. The van der Waals surface area contributed by atoms with Crippen LogP contribution in [0.25, 0.3) is 0 Å². The number of hydrogen-bond donors (Lipinski definition) is 1. The molecule has 0 radical (unpaired) electrons. The van der Waals surface area contributed by atoms with E-state index in [0.717, 1.165) is 18.7 Å². The largest absolute Gasteiger partial charge is 0.392 e. The third-order valence-corrected chi connectivity index (χ3v) is 5.03. The predicted octanol–water partition coefficient (Wildman–Crippen LogP) is 3.60. The van der Waals surface area contributed by atoms with Crippen molar-refractivity contribution in [3.8, 4) is 0 Å². The van der Waals surface area contributed by atoms with Crippen molar-refractivity contribution in [2.24, 2.45) is 5.92 Å². The van der Waals surface area contributed by atoms with Crippen LogP contribution in [-0.2, 0) is 6.42 Å². The quantitative estimate of drug-likeness (QED) is 0.855. The van der Waals surface area contributed by atoms with Crippen molar-refractivity contribution in [3.63, 3.8) is 0 Å². The third kappa shape index (κ3) is 3.40. The van der Waals surface area contributed by atoms with E-state index in [9.17, 15) is 5.11 Å². The van der Waals surface area contributed by atoms with Crippen molar-refractivity contribution in [1.29, 1.82) is 0 Å². The van der Waals surface area contributed by atoms with Crippen molar-refractivity contribution < 1.29 is 9.63 Å². The Bertz CT molecular complexity index is 404. The first-order valence-corrected chi connectivity index (χ1v) is 8.33. The van der Waals surface area contributed by atoms with Gasteiger partial charge < -0.3 is 9.63 Å². The van der Waals surface area contributed by atoms with Crippen LogP contribution in [-0.4, -0.2) is 21.4 Å². The highest BCUT2D eigenvalue weighted by Gasteiger charge is 2.26. The van der Waals surface area contributed by atoms with Crippen molar-refractivity contribution in [2.45, 2.75) is 82.7 Å². The van der Waals surface area contributed by atoms with Crippen molar-refractivity contribution in [3.05, 3.63) is 11.7 Å². The van der Waals surface area contributed by atoms with Crippen LogP contribution >= 0.6 is 0 Å². The summed E-state index contributed by atoms with van der Waals surface area (Å²) >= 11 is 0. The van der Waals surface area contributed by atoms with Gasteiger partial charge in [0.1, 0.15) is 0 Å². The zero-order chi connectivity index (χ0) is 13.8. The van der Waals surface area contributed by atoms with Gasteiger partial charge in [-0.1, -0.05) is 43.7 Å². The van der Waals surface area contributed by atoms with E-state index in [1.807, 2.05) is 0 Å². The van der Waals surface area contributed by atoms with E-state index < -0.39 is 0 Å². The molecule has 1 atom stereocenters. The molecule has 0 amide bonds. The maximum absolute atomic E-state index is 10.2. The summed E-state index contributed by atoms with van der Waals surface area (Å²) in [5.41, 5.74) is 0. The molecule has 2 saturated carbocycles. The molecule has 0 saturated heterocycles. The highest BCUT2D eigenvalue weighted by molar-refractivity contribution is 4.97. The molecule has 1 aromatic heterocycles. The Balaban J connectivity index is 1.58. The third-order valence-electron chi connectivity index (χ3n) is 5.03. The van der Waals surface area contributed by atoms with Gasteiger partial charge in [0, 0.05) is 5.92 Å². The van der Waals surface area contributed by atoms with Crippen LogP contribution in [0.4, 0.5) is 0 Å². The molecule has 2 aliphatic carbocycles. The van der Waals surface area contributed by atoms with Gasteiger partial charge >= 0.3 is 0 Å². The summed E-state index contributed by atoms with van der Waals surface area (Å²) in [5.74, 6) is 2.41. The van der Waals surface area contributed by atoms with Crippen LogP contribution in [0.3, 0.4) is 0 Å². The summed E-state index contributed by atoms with van der Waals surface area (Å²) in [5, 5.41) is 14.4. The van der Waals surface area contributed by atoms with E-state index in [0.29, 0.717) is 24.1 Å². The minimum absolute atomic E-state index is 0.306. The van der Waals surface area contributed by atoms with Crippen molar-refractivity contribution >= 4 is 0 Å². The Morgan fingerprint density at radius 3 is 2.35 bits per heavy atom. The first-order chi connectivity index (χ1) is 9.83. The minimum Gasteiger partial charge on any atom is -0.392 e. The van der Waals surface area contributed by atoms with Crippen LogP contribution in [0, 0.1) is 5.92 Å². The smallest absolute Gasteiger partial charge is 0.229 e. The molecule has 1 heterocycles.